The molecule has 0 bridgehead atoms. The SMILES string of the molecule is c1cc(-c2cccc(-c3ccncc3)n2)cc(-c2nc3c(nc4ccccn43)c3ccccc23)c1.c1cc(-c2cccc(-c3nc4c(nc5ccccn54)c4ccccc34)c2)cc(-c2cc(-c3ccncc3)nc(-c3ccncc3)c2)c1.c1cncc(-c2cccc(-c3cccc(-c4nc5c(nc6ccccn65)c5ccccc45)c3)n2)c1. The highest BCUT2D eigenvalue weighted by Gasteiger charge is 2.21. The van der Waals surface area contributed by atoms with E-state index in [-0.39, 0.29) is 0 Å². The van der Waals surface area contributed by atoms with Crippen molar-refractivity contribution in [1.29, 1.82) is 0 Å². The molecule has 16 heteroatoms. The summed E-state index contributed by atoms with van der Waals surface area (Å²) in [4.78, 5) is 61.8. The fraction of sp³-hybridized carbons (Fsp3) is 0. The molecule has 0 aliphatic rings. The molecule has 23 aromatic rings. The summed E-state index contributed by atoms with van der Waals surface area (Å²) in [7, 11) is 0. The van der Waals surface area contributed by atoms with Crippen molar-refractivity contribution in [2.75, 3.05) is 0 Å². The quantitative estimate of drug-likeness (QED) is 0.119. The van der Waals surface area contributed by atoms with Gasteiger partial charge < -0.3 is 0 Å². The zero-order valence-electron chi connectivity index (χ0n) is 62.6. The Balaban J connectivity index is 0.000000111. The molecule has 0 N–H and O–H groups in total. The fourth-order valence-corrected chi connectivity index (χ4v) is 15.6. The van der Waals surface area contributed by atoms with Crippen molar-refractivity contribution in [3.8, 4) is 124 Å². The first-order valence-electron chi connectivity index (χ1n) is 38.5. The van der Waals surface area contributed by atoms with E-state index in [0.717, 1.165) is 206 Å². The molecular weight excluding hydrogens is 1440 g/mol. The van der Waals surface area contributed by atoms with Crippen LogP contribution in [0.2, 0.25) is 0 Å². The maximum atomic E-state index is 5.22. The van der Waals surface area contributed by atoms with Crippen LogP contribution in [-0.2, 0) is 0 Å². The minimum absolute atomic E-state index is 0.856. The Bertz CT molecular complexity index is 7390. The lowest BCUT2D eigenvalue weighted by atomic mass is 9.95. The molecule has 0 amide bonds. The fourth-order valence-electron chi connectivity index (χ4n) is 15.6. The average Bonchev–Trinajstić information content (AvgIpc) is 1.64. The summed E-state index contributed by atoms with van der Waals surface area (Å²) in [6.45, 7) is 0. The lowest BCUT2D eigenvalue weighted by molar-refractivity contribution is 1.19. The number of aromatic nitrogens is 16. The average molecular weight is 1500 g/mol. The molecule has 0 unspecified atom stereocenters. The van der Waals surface area contributed by atoms with Gasteiger partial charge in [0.25, 0.3) is 0 Å². The Kier molecular flexibility index (Phi) is 17.5. The van der Waals surface area contributed by atoms with Crippen molar-refractivity contribution in [2.24, 2.45) is 0 Å². The van der Waals surface area contributed by atoms with Gasteiger partial charge in [-0.2, -0.15) is 0 Å². The van der Waals surface area contributed by atoms with Gasteiger partial charge in [-0.05, 0) is 168 Å². The van der Waals surface area contributed by atoms with Gasteiger partial charge in [-0.3, -0.25) is 33.1 Å². The zero-order chi connectivity index (χ0) is 77.5. The van der Waals surface area contributed by atoms with E-state index in [0.29, 0.717) is 0 Å². The third-order valence-electron chi connectivity index (χ3n) is 21.2. The van der Waals surface area contributed by atoms with E-state index in [2.05, 4.69) is 211 Å². The van der Waals surface area contributed by atoms with Crippen LogP contribution < -0.4 is 0 Å². The van der Waals surface area contributed by atoms with Crippen LogP contribution in [0, 0.1) is 0 Å². The van der Waals surface area contributed by atoms with Gasteiger partial charge in [0.15, 0.2) is 16.9 Å². The van der Waals surface area contributed by atoms with E-state index >= 15 is 0 Å². The summed E-state index contributed by atoms with van der Waals surface area (Å²) < 4.78 is 6.16. The molecule has 16 aromatic heterocycles. The van der Waals surface area contributed by atoms with Crippen molar-refractivity contribution in [3.05, 3.63) is 390 Å². The molecule has 0 saturated heterocycles. The van der Waals surface area contributed by atoms with Crippen molar-refractivity contribution in [1.82, 2.24) is 78.0 Å². The number of hydrogen-bond donors (Lipinski definition) is 0. The molecule has 16 nitrogen and oxygen atoms in total. The molecule has 7 aromatic carbocycles. The van der Waals surface area contributed by atoms with Crippen LogP contribution in [-0.4, -0.2) is 78.0 Å². The van der Waals surface area contributed by atoms with Crippen LogP contribution in [0.3, 0.4) is 0 Å². The molecular formula is C101H64N16. The zero-order valence-corrected chi connectivity index (χ0v) is 62.6. The molecule has 23 rings (SSSR count). The highest BCUT2D eigenvalue weighted by atomic mass is 15.1. The van der Waals surface area contributed by atoms with Gasteiger partial charge in [0.1, 0.15) is 33.5 Å². The number of rotatable bonds is 11. The second-order valence-corrected chi connectivity index (χ2v) is 28.4. The van der Waals surface area contributed by atoms with Crippen LogP contribution in [0.25, 0.3) is 206 Å². The minimum Gasteiger partial charge on any atom is -0.284 e. The molecule has 0 aliphatic heterocycles. The van der Waals surface area contributed by atoms with Gasteiger partial charge in [-0.15, -0.1) is 0 Å². The molecule has 0 aliphatic carbocycles. The van der Waals surface area contributed by atoms with Crippen LogP contribution in [0.4, 0.5) is 0 Å². The van der Waals surface area contributed by atoms with Gasteiger partial charge in [0.2, 0.25) is 0 Å². The Morgan fingerprint density at radius 3 is 0.863 bits per heavy atom. The van der Waals surface area contributed by atoms with Crippen LogP contribution in [0.1, 0.15) is 0 Å². The van der Waals surface area contributed by atoms with E-state index in [1.54, 1.807) is 43.4 Å². The number of pyridine rings is 13. The summed E-state index contributed by atoms with van der Waals surface area (Å²) in [6.07, 6.45) is 20.4. The number of imidazole rings is 3. The standard InChI is InChI=1S/C41H26N6.2C30H19N5/c1-2-12-35-34(11-1)39(46-41-40(35)45-38-13-3-4-22-47(38)41)32-10-6-8-30(24-32)29-7-5-9-31(23-29)33-25-36(27-14-18-42-19-15-27)44-37(26-33)28-16-20-43-21-17-28;1-2-12-24-23(11-1)28(34-30-29(24)33-27-15-3-4-17-35(27)30)21-9-5-8-20(18-21)25-13-6-14-26(32-25)22-10-7-16-31-19-22;1-2-10-24-23(9-1)28(34-30-29(24)33-27-13-3-4-18-35(27)30)22-8-5-7-21(19-22)26-12-6-11-25(32-26)20-14-16-31-17-15-20/h1-26H;2*1-19H. The van der Waals surface area contributed by atoms with Gasteiger partial charge in [0, 0.05) is 151 Å². The summed E-state index contributed by atoms with van der Waals surface area (Å²) in [5.74, 6) is 0. The molecule has 0 fully saturated rings. The monoisotopic (exact) mass is 1500 g/mol. The van der Waals surface area contributed by atoms with E-state index in [9.17, 15) is 0 Å². The minimum atomic E-state index is 0.856. The van der Waals surface area contributed by atoms with Crippen LogP contribution in [0.15, 0.2) is 390 Å². The van der Waals surface area contributed by atoms with Crippen LogP contribution >= 0.6 is 0 Å². The van der Waals surface area contributed by atoms with Gasteiger partial charge in [-0.1, -0.05) is 176 Å². The largest absolute Gasteiger partial charge is 0.284 e. The Hall–Kier alpha value is -16.3. The topological polar surface area (TPSA) is 181 Å². The van der Waals surface area contributed by atoms with E-state index in [1.807, 2.05) is 169 Å². The summed E-state index contributed by atoms with van der Waals surface area (Å²) in [5.41, 5.74) is 30.0. The molecule has 0 saturated carbocycles. The molecule has 117 heavy (non-hydrogen) atoms. The molecule has 548 valence electrons. The number of nitrogens with zero attached hydrogens (tertiary/aromatic N) is 16. The first-order chi connectivity index (χ1) is 58.0. The predicted octanol–water partition coefficient (Wildman–Crippen LogP) is 23.2. The number of hydrogen-bond acceptors (Lipinski definition) is 13. The highest BCUT2D eigenvalue weighted by Crippen LogP contribution is 2.40. The predicted molar refractivity (Wildman–Crippen MR) is 468 cm³/mol. The van der Waals surface area contributed by atoms with Gasteiger partial charge in [-0.25, -0.2) is 44.9 Å². The van der Waals surface area contributed by atoms with Crippen molar-refractivity contribution in [2.45, 2.75) is 0 Å². The maximum absolute atomic E-state index is 5.22. The summed E-state index contributed by atoms with van der Waals surface area (Å²) >= 11 is 0. The second kappa shape index (κ2) is 29.7. The number of benzene rings is 7. The Morgan fingerprint density at radius 2 is 0.470 bits per heavy atom. The number of fused-ring (bicyclic) bond motifs is 15. The Morgan fingerprint density at radius 1 is 0.171 bits per heavy atom. The van der Waals surface area contributed by atoms with E-state index < -0.39 is 0 Å². The lowest BCUT2D eigenvalue weighted by Crippen LogP contribution is -1.93. The first kappa shape index (κ1) is 68.7. The third-order valence-corrected chi connectivity index (χ3v) is 21.2. The van der Waals surface area contributed by atoms with Crippen molar-refractivity contribution >= 4 is 82.8 Å². The van der Waals surface area contributed by atoms with E-state index in [4.69, 9.17) is 44.9 Å². The molecule has 0 atom stereocenters. The Labute approximate surface area is 669 Å². The van der Waals surface area contributed by atoms with Crippen molar-refractivity contribution < 1.29 is 0 Å². The third kappa shape index (κ3) is 13.1. The van der Waals surface area contributed by atoms with Crippen LogP contribution in [0.5, 0.6) is 0 Å². The maximum Gasteiger partial charge on any atom is 0.165 e. The second-order valence-electron chi connectivity index (χ2n) is 28.4. The molecule has 16 heterocycles. The van der Waals surface area contributed by atoms with E-state index in [1.165, 1.54) is 0 Å². The highest BCUT2D eigenvalue weighted by molar-refractivity contribution is 6.12. The van der Waals surface area contributed by atoms with Gasteiger partial charge >= 0.3 is 0 Å². The first-order valence-corrected chi connectivity index (χ1v) is 38.5. The van der Waals surface area contributed by atoms with Gasteiger partial charge in [0.05, 0.1) is 51.2 Å². The van der Waals surface area contributed by atoms with Crippen molar-refractivity contribution in [3.63, 3.8) is 0 Å². The smallest absolute Gasteiger partial charge is 0.165 e. The summed E-state index contributed by atoms with van der Waals surface area (Å²) in [5, 5.41) is 6.53. The normalized spacial score (nSPS) is 11.4. The molecule has 0 spiro atoms. The summed E-state index contributed by atoms with van der Waals surface area (Å²) in [6, 6.07) is 110. The molecule has 0 radical (unpaired) electrons. The lowest BCUT2D eigenvalue weighted by Gasteiger charge is -2.12.